The number of hydrogen-bond acceptors (Lipinski definition) is 3. The highest BCUT2D eigenvalue weighted by Gasteiger charge is 2.30. The molecule has 0 heterocycles. The van der Waals surface area contributed by atoms with Crippen LogP contribution in [0.2, 0.25) is 0 Å². The molecule has 1 aromatic rings. The first-order valence-electron chi connectivity index (χ1n) is 6.28. The molecule has 0 aliphatic heterocycles. The molecule has 2 unspecified atom stereocenters. The van der Waals surface area contributed by atoms with E-state index in [4.69, 9.17) is 9.84 Å². The largest absolute Gasteiger partial charge is 0.497 e. The van der Waals surface area contributed by atoms with Gasteiger partial charge in [0.1, 0.15) is 5.75 Å². The predicted octanol–water partition coefficient (Wildman–Crippen LogP) is 1.68. The van der Waals surface area contributed by atoms with Crippen molar-refractivity contribution in [1.29, 1.82) is 0 Å². The molecule has 1 aromatic carbocycles. The molecule has 2 atom stereocenters. The van der Waals surface area contributed by atoms with Crippen LogP contribution >= 0.6 is 0 Å². The van der Waals surface area contributed by atoms with Crippen molar-refractivity contribution in [3.05, 3.63) is 29.8 Å². The zero-order valence-corrected chi connectivity index (χ0v) is 10.8. The third-order valence-electron chi connectivity index (χ3n) is 3.45. The first-order valence-corrected chi connectivity index (χ1v) is 6.28. The van der Waals surface area contributed by atoms with E-state index < -0.39 is 5.97 Å². The van der Waals surface area contributed by atoms with Gasteiger partial charge in [-0.05, 0) is 37.5 Å². The summed E-state index contributed by atoms with van der Waals surface area (Å²) in [5.74, 6) is -0.675. The van der Waals surface area contributed by atoms with Crippen LogP contribution in [0.1, 0.15) is 29.6 Å². The second-order valence-electron chi connectivity index (χ2n) is 4.75. The van der Waals surface area contributed by atoms with Crippen molar-refractivity contribution in [2.75, 3.05) is 7.11 Å². The summed E-state index contributed by atoms with van der Waals surface area (Å²) in [6.45, 7) is 0. The van der Waals surface area contributed by atoms with Crippen LogP contribution in [0.5, 0.6) is 5.75 Å². The van der Waals surface area contributed by atoms with E-state index in [1.54, 1.807) is 31.4 Å². The summed E-state index contributed by atoms with van der Waals surface area (Å²) >= 11 is 0. The van der Waals surface area contributed by atoms with Crippen molar-refractivity contribution in [3.63, 3.8) is 0 Å². The number of ether oxygens (including phenoxy) is 1. The minimum absolute atomic E-state index is 0.0557. The van der Waals surface area contributed by atoms with Gasteiger partial charge in [0, 0.05) is 11.6 Å². The number of hydrogen-bond donors (Lipinski definition) is 2. The number of amides is 1. The van der Waals surface area contributed by atoms with E-state index in [9.17, 15) is 9.59 Å². The second-order valence-corrected chi connectivity index (χ2v) is 4.75. The normalized spacial score (nSPS) is 21.9. The lowest BCUT2D eigenvalue weighted by Gasteiger charge is -2.12. The Morgan fingerprint density at radius 2 is 2.16 bits per heavy atom. The number of methoxy groups -OCH3 is 1. The third-order valence-corrected chi connectivity index (χ3v) is 3.45. The van der Waals surface area contributed by atoms with Gasteiger partial charge in [0.25, 0.3) is 5.91 Å². The number of aliphatic carboxylic acids is 1. The number of carbonyl (C=O) groups excluding carboxylic acids is 1. The lowest BCUT2D eigenvalue weighted by molar-refractivity contribution is -0.141. The maximum Gasteiger partial charge on any atom is 0.306 e. The van der Waals surface area contributed by atoms with Crippen LogP contribution in [0.4, 0.5) is 0 Å². The molecule has 2 rings (SSSR count). The standard InChI is InChI=1S/C14H17NO4/c1-19-12-4-2-3-9(8-12)13(16)15-11-6-5-10(7-11)14(17)18/h2-4,8,10-11H,5-7H2,1H3,(H,15,16)(H,17,18). The van der Waals surface area contributed by atoms with Gasteiger partial charge in [0.05, 0.1) is 13.0 Å². The summed E-state index contributed by atoms with van der Waals surface area (Å²) in [5.41, 5.74) is 0.526. The summed E-state index contributed by atoms with van der Waals surface area (Å²) in [6.07, 6.45) is 1.84. The Kier molecular flexibility index (Phi) is 4.04. The molecule has 19 heavy (non-hydrogen) atoms. The smallest absolute Gasteiger partial charge is 0.306 e. The lowest BCUT2D eigenvalue weighted by atomic mass is 10.1. The number of carboxylic acids is 1. The van der Waals surface area contributed by atoms with Gasteiger partial charge in [0.15, 0.2) is 0 Å². The molecule has 0 spiro atoms. The highest BCUT2D eigenvalue weighted by atomic mass is 16.5. The van der Waals surface area contributed by atoms with Crippen LogP contribution in [0.25, 0.3) is 0 Å². The molecule has 1 aliphatic carbocycles. The Morgan fingerprint density at radius 3 is 2.79 bits per heavy atom. The topological polar surface area (TPSA) is 75.6 Å². The number of benzene rings is 1. The van der Waals surface area contributed by atoms with Crippen LogP contribution in [0, 0.1) is 5.92 Å². The van der Waals surface area contributed by atoms with Gasteiger partial charge in [-0.15, -0.1) is 0 Å². The molecule has 0 saturated heterocycles. The van der Waals surface area contributed by atoms with Gasteiger partial charge in [-0.2, -0.15) is 0 Å². The molecule has 0 aromatic heterocycles. The monoisotopic (exact) mass is 263 g/mol. The SMILES string of the molecule is COc1cccc(C(=O)NC2CCC(C(=O)O)C2)c1. The van der Waals surface area contributed by atoms with Crippen LogP contribution in [0.15, 0.2) is 24.3 Å². The third kappa shape index (κ3) is 3.24. The minimum atomic E-state index is -0.780. The maximum absolute atomic E-state index is 12.0. The van der Waals surface area contributed by atoms with Crippen molar-refractivity contribution < 1.29 is 19.4 Å². The minimum Gasteiger partial charge on any atom is -0.497 e. The molecule has 102 valence electrons. The highest BCUT2D eigenvalue weighted by molar-refractivity contribution is 5.94. The Balaban J connectivity index is 1.96. The molecular formula is C14H17NO4. The van der Waals surface area contributed by atoms with Crippen LogP contribution in [-0.2, 0) is 4.79 Å². The van der Waals surface area contributed by atoms with E-state index in [0.29, 0.717) is 30.6 Å². The second kappa shape index (κ2) is 5.73. The summed E-state index contributed by atoms with van der Waals surface area (Å²) in [4.78, 5) is 22.9. The Bertz CT molecular complexity index is 486. The molecule has 1 fully saturated rings. The molecule has 5 heteroatoms. The first kappa shape index (κ1) is 13.4. The summed E-state index contributed by atoms with van der Waals surface area (Å²) in [7, 11) is 1.55. The van der Waals surface area contributed by atoms with Crippen molar-refractivity contribution in [1.82, 2.24) is 5.32 Å². The van der Waals surface area contributed by atoms with Gasteiger partial charge < -0.3 is 15.2 Å². The molecule has 1 saturated carbocycles. The van der Waals surface area contributed by atoms with Gasteiger partial charge in [-0.3, -0.25) is 9.59 Å². The molecule has 1 amide bonds. The first-order chi connectivity index (χ1) is 9.10. The Labute approximate surface area is 111 Å². The van der Waals surface area contributed by atoms with Crippen molar-refractivity contribution in [3.8, 4) is 5.75 Å². The van der Waals surface area contributed by atoms with Crippen molar-refractivity contribution >= 4 is 11.9 Å². The van der Waals surface area contributed by atoms with Gasteiger partial charge in [-0.1, -0.05) is 6.07 Å². The van der Waals surface area contributed by atoms with E-state index in [-0.39, 0.29) is 17.9 Å². The summed E-state index contributed by atoms with van der Waals surface area (Å²) in [6, 6.07) is 6.84. The van der Waals surface area contributed by atoms with E-state index in [1.807, 2.05) is 0 Å². The zero-order valence-electron chi connectivity index (χ0n) is 10.8. The average Bonchev–Trinajstić information content (AvgIpc) is 2.87. The molecule has 2 N–H and O–H groups in total. The predicted molar refractivity (Wildman–Crippen MR) is 69.2 cm³/mol. The Morgan fingerprint density at radius 1 is 1.37 bits per heavy atom. The van der Waals surface area contributed by atoms with Gasteiger partial charge in [0.2, 0.25) is 0 Å². The maximum atomic E-state index is 12.0. The zero-order chi connectivity index (χ0) is 13.8. The summed E-state index contributed by atoms with van der Waals surface area (Å²) in [5, 5.41) is 11.8. The van der Waals surface area contributed by atoms with Gasteiger partial charge in [-0.25, -0.2) is 0 Å². The molecule has 0 bridgehead atoms. The summed E-state index contributed by atoms with van der Waals surface area (Å²) < 4.78 is 5.07. The van der Waals surface area contributed by atoms with Gasteiger partial charge >= 0.3 is 5.97 Å². The Hall–Kier alpha value is -2.04. The van der Waals surface area contributed by atoms with E-state index in [1.165, 1.54) is 0 Å². The van der Waals surface area contributed by atoms with E-state index in [2.05, 4.69) is 5.32 Å². The average molecular weight is 263 g/mol. The van der Waals surface area contributed by atoms with Crippen molar-refractivity contribution in [2.45, 2.75) is 25.3 Å². The number of rotatable bonds is 4. The number of nitrogens with one attached hydrogen (secondary N) is 1. The molecule has 5 nitrogen and oxygen atoms in total. The fourth-order valence-electron chi connectivity index (χ4n) is 2.37. The molecule has 0 radical (unpaired) electrons. The highest BCUT2D eigenvalue weighted by Crippen LogP contribution is 2.26. The van der Waals surface area contributed by atoms with E-state index >= 15 is 0 Å². The lowest BCUT2D eigenvalue weighted by Crippen LogP contribution is -2.33. The quantitative estimate of drug-likeness (QED) is 0.866. The fourth-order valence-corrected chi connectivity index (χ4v) is 2.37. The van der Waals surface area contributed by atoms with E-state index in [0.717, 1.165) is 0 Å². The molecular weight excluding hydrogens is 246 g/mol. The van der Waals surface area contributed by atoms with Crippen molar-refractivity contribution in [2.24, 2.45) is 5.92 Å². The van der Waals surface area contributed by atoms with Crippen LogP contribution in [0.3, 0.4) is 0 Å². The number of carbonyl (C=O) groups is 2. The van der Waals surface area contributed by atoms with Crippen LogP contribution < -0.4 is 10.1 Å². The number of carboxylic acid groups (broad SMARTS) is 1. The fraction of sp³-hybridized carbons (Fsp3) is 0.429. The molecule has 1 aliphatic rings. The van der Waals surface area contributed by atoms with Crippen LogP contribution in [-0.4, -0.2) is 30.1 Å².